The molecule has 0 atom stereocenters. The Labute approximate surface area is 103 Å². The van der Waals surface area contributed by atoms with Gasteiger partial charge in [0.05, 0.1) is 5.60 Å². The van der Waals surface area contributed by atoms with Crippen LogP contribution in [-0.2, 0) is 11.2 Å². The first kappa shape index (κ1) is 13.9. The molecule has 0 aliphatic carbocycles. The summed E-state index contributed by atoms with van der Waals surface area (Å²) in [4.78, 5) is 11.6. The molecule has 0 saturated heterocycles. The first-order valence-corrected chi connectivity index (χ1v) is 5.86. The summed E-state index contributed by atoms with van der Waals surface area (Å²) in [6.07, 6.45) is 1.23. The third-order valence-electron chi connectivity index (χ3n) is 2.83. The standard InChI is InChI=1S/C14H21NO2/c1-14(2,17-3)10-11-4-6-12(7-5-11)13(16)8-9-15/h4-7H,8-10,15H2,1-3H3. The number of hydrogen-bond donors (Lipinski definition) is 1. The Bertz CT molecular complexity index is 368. The van der Waals surface area contributed by atoms with E-state index in [4.69, 9.17) is 10.5 Å². The van der Waals surface area contributed by atoms with Gasteiger partial charge in [0.2, 0.25) is 0 Å². The molecule has 0 fully saturated rings. The number of methoxy groups -OCH3 is 1. The lowest BCUT2D eigenvalue weighted by Crippen LogP contribution is -2.25. The van der Waals surface area contributed by atoms with Crippen LogP contribution in [0.4, 0.5) is 0 Å². The zero-order valence-electron chi connectivity index (χ0n) is 10.8. The SMILES string of the molecule is COC(C)(C)Cc1ccc(C(=O)CCN)cc1. The van der Waals surface area contributed by atoms with Gasteiger partial charge in [0.1, 0.15) is 0 Å². The van der Waals surface area contributed by atoms with Crippen molar-refractivity contribution >= 4 is 5.78 Å². The van der Waals surface area contributed by atoms with Crippen LogP contribution in [0.1, 0.15) is 36.2 Å². The lowest BCUT2D eigenvalue weighted by Gasteiger charge is -2.22. The fourth-order valence-corrected chi connectivity index (χ4v) is 1.65. The molecule has 0 unspecified atom stereocenters. The van der Waals surface area contributed by atoms with Crippen LogP contribution in [0.2, 0.25) is 0 Å². The summed E-state index contributed by atoms with van der Waals surface area (Å²) in [7, 11) is 1.71. The molecule has 0 radical (unpaired) electrons. The number of benzene rings is 1. The summed E-state index contributed by atoms with van der Waals surface area (Å²) in [6, 6.07) is 7.67. The van der Waals surface area contributed by atoms with E-state index in [9.17, 15) is 4.79 Å². The lowest BCUT2D eigenvalue weighted by molar-refractivity contribution is 0.0232. The van der Waals surface area contributed by atoms with E-state index in [0.717, 1.165) is 12.0 Å². The Balaban J connectivity index is 2.71. The van der Waals surface area contributed by atoms with Gasteiger partial charge in [0.25, 0.3) is 0 Å². The Kier molecular flexibility index (Phi) is 4.85. The predicted octanol–water partition coefficient (Wildman–Crippen LogP) is 2.19. The second-order valence-electron chi connectivity index (χ2n) is 4.80. The molecule has 1 rings (SSSR count). The molecule has 0 aliphatic rings. The van der Waals surface area contributed by atoms with Crippen molar-refractivity contribution in [1.82, 2.24) is 0 Å². The van der Waals surface area contributed by atoms with Crippen LogP contribution in [0, 0.1) is 0 Å². The van der Waals surface area contributed by atoms with Crippen LogP contribution in [0.15, 0.2) is 24.3 Å². The summed E-state index contributed by atoms with van der Waals surface area (Å²) in [5, 5.41) is 0. The minimum Gasteiger partial charge on any atom is -0.378 e. The Morgan fingerprint density at radius 2 is 1.88 bits per heavy atom. The van der Waals surface area contributed by atoms with Crippen molar-refractivity contribution in [3.63, 3.8) is 0 Å². The molecule has 1 aromatic rings. The number of ether oxygens (including phenoxy) is 1. The monoisotopic (exact) mass is 235 g/mol. The van der Waals surface area contributed by atoms with E-state index in [1.165, 1.54) is 5.56 Å². The fraction of sp³-hybridized carbons (Fsp3) is 0.500. The summed E-state index contributed by atoms with van der Waals surface area (Å²) < 4.78 is 5.37. The third-order valence-corrected chi connectivity index (χ3v) is 2.83. The van der Waals surface area contributed by atoms with E-state index < -0.39 is 0 Å². The molecule has 0 aliphatic heterocycles. The summed E-state index contributed by atoms with van der Waals surface area (Å²) >= 11 is 0. The van der Waals surface area contributed by atoms with E-state index in [-0.39, 0.29) is 11.4 Å². The highest BCUT2D eigenvalue weighted by Gasteiger charge is 2.17. The predicted molar refractivity (Wildman–Crippen MR) is 69.2 cm³/mol. The second-order valence-corrected chi connectivity index (χ2v) is 4.80. The van der Waals surface area contributed by atoms with E-state index in [1.54, 1.807) is 7.11 Å². The molecule has 17 heavy (non-hydrogen) atoms. The van der Waals surface area contributed by atoms with Gasteiger partial charge in [-0.25, -0.2) is 0 Å². The van der Waals surface area contributed by atoms with Crippen molar-refractivity contribution in [3.8, 4) is 0 Å². The molecule has 0 bridgehead atoms. The molecule has 3 nitrogen and oxygen atoms in total. The number of ketones is 1. The van der Waals surface area contributed by atoms with Gasteiger partial charge in [-0.3, -0.25) is 4.79 Å². The quantitative estimate of drug-likeness (QED) is 0.769. The maximum Gasteiger partial charge on any atom is 0.164 e. The molecule has 3 heteroatoms. The average Bonchev–Trinajstić information content (AvgIpc) is 2.30. The Morgan fingerprint density at radius 1 is 1.29 bits per heavy atom. The first-order valence-electron chi connectivity index (χ1n) is 5.86. The maximum absolute atomic E-state index is 11.6. The average molecular weight is 235 g/mol. The minimum atomic E-state index is -0.178. The van der Waals surface area contributed by atoms with Crippen LogP contribution in [0.5, 0.6) is 0 Å². The van der Waals surface area contributed by atoms with Crippen molar-refractivity contribution in [2.24, 2.45) is 5.73 Å². The van der Waals surface area contributed by atoms with Crippen molar-refractivity contribution < 1.29 is 9.53 Å². The number of Topliss-reactive ketones (excluding diaryl/α,β-unsaturated/α-hetero) is 1. The van der Waals surface area contributed by atoms with Crippen LogP contribution in [0.25, 0.3) is 0 Å². The molecule has 94 valence electrons. The van der Waals surface area contributed by atoms with Gasteiger partial charge in [0, 0.05) is 25.5 Å². The van der Waals surface area contributed by atoms with Crippen molar-refractivity contribution in [3.05, 3.63) is 35.4 Å². The Hall–Kier alpha value is -1.19. The topological polar surface area (TPSA) is 52.3 Å². The molecular formula is C14H21NO2. The van der Waals surface area contributed by atoms with E-state index >= 15 is 0 Å². The van der Waals surface area contributed by atoms with E-state index in [2.05, 4.69) is 0 Å². The second kappa shape index (κ2) is 5.94. The highest BCUT2D eigenvalue weighted by molar-refractivity contribution is 5.96. The van der Waals surface area contributed by atoms with Crippen molar-refractivity contribution in [2.75, 3.05) is 13.7 Å². The van der Waals surface area contributed by atoms with Crippen molar-refractivity contribution in [1.29, 1.82) is 0 Å². The van der Waals surface area contributed by atoms with Gasteiger partial charge in [-0.05, 0) is 26.0 Å². The van der Waals surface area contributed by atoms with E-state index in [1.807, 2.05) is 38.1 Å². The first-order chi connectivity index (χ1) is 7.98. The normalized spacial score (nSPS) is 11.5. The largest absolute Gasteiger partial charge is 0.378 e. The maximum atomic E-state index is 11.6. The van der Waals surface area contributed by atoms with Gasteiger partial charge < -0.3 is 10.5 Å². The highest BCUT2D eigenvalue weighted by Crippen LogP contribution is 2.16. The Morgan fingerprint density at radius 3 is 2.35 bits per heavy atom. The van der Waals surface area contributed by atoms with E-state index in [0.29, 0.717) is 13.0 Å². The van der Waals surface area contributed by atoms with Crippen LogP contribution >= 0.6 is 0 Å². The fourth-order valence-electron chi connectivity index (χ4n) is 1.65. The number of carbonyl (C=O) groups is 1. The number of hydrogen-bond acceptors (Lipinski definition) is 3. The van der Waals surface area contributed by atoms with Gasteiger partial charge in [-0.15, -0.1) is 0 Å². The molecule has 0 amide bonds. The molecule has 0 aromatic heterocycles. The summed E-state index contributed by atoms with van der Waals surface area (Å²) in [5.41, 5.74) is 7.08. The molecule has 0 spiro atoms. The van der Waals surface area contributed by atoms with Crippen LogP contribution in [0.3, 0.4) is 0 Å². The summed E-state index contributed by atoms with van der Waals surface area (Å²) in [6.45, 7) is 4.48. The molecule has 0 heterocycles. The lowest BCUT2D eigenvalue weighted by atomic mass is 9.96. The molecule has 0 saturated carbocycles. The van der Waals surface area contributed by atoms with Gasteiger partial charge in [0.15, 0.2) is 5.78 Å². The number of carbonyl (C=O) groups excluding carboxylic acids is 1. The molecule has 1 aromatic carbocycles. The smallest absolute Gasteiger partial charge is 0.164 e. The summed E-state index contributed by atoms with van der Waals surface area (Å²) in [5.74, 6) is 0.102. The minimum absolute atomic E-state index is 0.102. The van der Waals surface area contributed by atoms with Gasteiger partial charge in [-0.2, -0.15) is 0 Å². The van der Waals surface area contributed by atoms with Gasteiger partial charge >= 0.3 is 0 Å². The number of rotatable bonds is 6. The van der Waals surface area contributed by atoms with Crippen LogP contribution in [-0.4, -0.2) is 25.0 Å². The molecular weight excluding hydrogens is 214 g/mol. The van der Waals surface area contributed by atoms with Gasteiger partial charge in [-0.1, -0.05) is 24.3 Å². The zero-order valence-corrected chi connectivity index (χ0v) is 10.8. The van der Waals surface area contributed by atoms with Crippen molar-refractivity contribution in [2.45, 2.75) is 32.3 Å². The van der Waals surface area contributed by atoms with Crippen LogP contribution < -0.4 is 5.73 Å². The molecule has 2 N–H and O–H groups in total. The number of nitrogens with two attached hydrogens (primary N) is 1. The third kappa shape index (κ3) is 4.29. The zero-order chi connectivity index (χ0) is 12.9. The highest BCUT2D eigenvalue weighted by atomic mass is 16.5.